The molecule has 0 aromatic carbocycles. The topological polar surface area (TPSA) is 78.9 Å². The molecule has 1 unspecified atom stereocenters. The van der Waals surface area contributed by atoms with Crippen LogP contribution in [-0.4, -0.2) is 37.2 Å². The van der Waals surface area contributed by atoms with Gasteiger partial charge in [-0.2, -0.15) is 0 Å². The summed E-state index contributed by atoms with van der Waals surface area (Å²) in [6.07, 6.45) is 71.1. The number of carbonyl (C=O) groups excluding carboxylic acids is 3. The van der Waals surface area contributed by atoms with E-state index < -0.39 is 6.10 Å². The fourth-order valence-corrected chi connectivity index (χ4v) is 7.27. The van der Waals surface area contributed by atoms with Crippen molar-refractivity contribution in [3.8, 4) is 0 Å². The average Bonchev–Trinajstić information content (AvgIpc) is 3.31. The highest BCUT2D eigenvalue weighted by atomic mass is 16.6. The van der Waals surface area contributed by atoms with E-state index in [-0.39, 0.29) is 37.5 Å². The average molecular weight is 917 g/mol. The zero-order chi connectivity index (χ0) is 47.9. The van der Waals surface area contributed by atoms with Crippen LogP contribution in [0.3, 0.4) is 0 Å². The van der Waals surface area contributed by atoms with Crippen molar-refractivity contribution in [2.75, 3.05) is 13.2 Å². The van der Waals surface area contributed by atoms with Crippen LogP contribution < -0.4 is 0 Å². The van der Waals surface area contributed by atoms with Gasteiger partial charge >= 0.3 is 17.9 Å². The lowest BCUT2D eigenvalue weighted by Gasteiger charge is -2.18. The van der Waals surface area contributed by atoms with Crippen LogP contribution in [0.2, 0.25) is 0 Å². The summed E-state index contributed by atoms with van der Waals surface area (Å²) in [6.45, 7) is 6.36. The SMILES string of the molecule is CC/C=C\C/C=C\C/C=C\C/C=C\CCCCC(=O)OC(COC(=O)CCCCCCC/C=C\C/C=C\C/C=C\CC)COC(=O)CCCCCCCCC/C=C\CCCCCCCCC. The third kappa shape index (κ3) is 51.3. The molecule has 0 aliphatic heterocycles. The van der Waals surface area contributed by atoms with Crippen molar-refractivity contribution in [1.29, 1.82) is 0 Å². The summed E-state index contributed by atoms with van der Waals surface area (Å²) in [6, 6.07) is 0. The number of ether oxygens (including phenoxy) is 3. The van der Waals surface area contributed by atoms with Crippen LogP contribution in [0.1, 0.15) is 245 Å². The molecule has 0 fully saturated rings. The van der Waals surface area contributed by atoms with Crippen molar-refractivity contribution in [2.24, 2.45) is 0 Å². The van der Waals surface area contributed by atoms with Crippen LogP contribution in [0, 0.1) is 0 Å². The molecule has 1 atom stereocenters. The number of hydrogen-bond acceptors (Lipinski definition) is 6. The lowest BCUT2D eigenvalue weighted by molar-refractivity contribution is -0.167. The van der Waals surface area contributed by atoms with Gasteiger partial charge in [-0.3, -0.25) is 14.4 Å². The maximum absolute atomic E-state index is 12.8. The molecule has 0 saturated carbocycles. The molecule has 0 saturated heterocycles. The van der Waals surface area contributed by atoms with Gasteiger partial charge in [-0.1, -0.05) is 208 Å². The first kappa shape index (κ1) is 62.3. The van der Waals surface area contributed by atoms with Crippen LogP contribution in [0.5, 0.6) is 0 Å². The smallest absolute Gasteiger partial charge is 0.306 e. The van der Waals surface area contributed by atoms with Crippen molar-refractivity contribution in [2.45, 2.75) is 252 Å². The van der Waals surface area contributed by atoms with Crippen LogP contribution in [0.15, 0.2) is 97.2 Å². The van der Waals surface area contributed by atoms with Gasteiger partial charge in [0.05, 0.1) is 0 Å². The van der Waals surface area contributed by atoms with Gasteiger partial charge in [0.1, 0.15) is 13.2 Å². The Labute approximate surface area is 407 Å². The highest BCUT2D eigenvalue weighted by molar-refractivity contribution is 5.71. The van der Waals surface area contributed by atoms with E-state index in [0.29, 0.717) is 19.3 Å². The van der Waals surface area contributed by atoms with E-state index in [1.54, 1.807) is 0 Å². The summed E-state index contributed by atoms with van der Waals surface area (Å²) in [7, 11) is 0. The van der Waals surface area contributed by atoms with Crippen LogP contribution in [0.25, 0.3) is 0 Å². The molecule has 0 aliphatic rings. The molecule has 0 aromatic rings. The Morgan fingerprint density at radius 3 is 0.970 bits per heavy atom. The van der Waals surface area contributed by atoms with Crippen LogP contribution in [-0.2, 0) is 28.6 Å². The second-order valence-electron chi connectivity index (χ2n) is 17.7. The summed E-state index contributed by atoms with van der Waals surface area (Å²) in [5, 5.41) is 0. The molecule has 0 aromatic heterocycles. The van der Waals surface area contributed by atoms with E-state index >= 15 is 0 Å². The zero-order valence-electron chi connectivity index (χ0n) is 42.9. The van der Waals surface area contributed by atoms with E-state index in [1.165, 1.54) is 83.5 Å². The van der Waals surface area contributed by atoms with E-state index in [9.17, 15) is 14.4 Å². The molecule has 0 amide bonds. The Morgan fingerprint density at radius 1 is 0.318 bits per heavy atom. The number of unbranched alkanes of at least 4 members (excludes halogenated alkanes) is 21. The summed E-state index contributed by atoms with van der Waals surface area (Å²) in [5.74, 6) is -0.967. The fourth-order valence-electron chi connectivity index (χ4n) is 7.27. The summed E-state index contributed by atoms with van der Waals surface area (Å²) < 4.78 is 16.8. The second-order valence-corrected chi connectivity index (χ2v) is 17.7. The normalized spacial score (nSPS) is 12.8. The predicted molar refractivity (Wildman–Crippen MR) is 284 cm³/mol. The summed E-state index contributed by atoms with van der Waals surface area (Å²) >= 11 is 0. The highest BCUT2D eigenvalue weighted by Crippen LogP contribution is 2.14. The Balaban J connectivity index is 4.47. The van der Waals surface area contributed by atoms with Gasteiger partial charge in [0, 0.05) is 19.3 Å². The standard InChI is InChI=1S/C60H100O6/c1-4-7-10-13-16-19-22-25-28-29-30-33-35-38-41-44-47-50-53-59(62)65-56-57(66-60(63)54-51-48-45-42-39-36-32-27-24-21-18-15-12-9-6-3)55-64-58(61)52-49-46-43-40-37-34-31-26-23-20-17-14-11-8-5-2/h8-9,11-12,17-18,20-21,26-29,31-32,39,42,57H,4-7,10,13-16,19,22-25,30,33-38,40-41,43-56H2,1-3H3/b11-8-,12-9-,20-17-,21-18-,29-28-,31-26-,32-27-,42-39-. The maximum Gasteiger partial charge on any atom is 0.306 e. The Bertz CT molecular complexity index is 1330. The molecule has 0 bridgehead atoms. The van der Waals surface area contributed by atoms with Crippen LogP contribution in [0.4, 0.5) is 0 Å². The Hall–Kier alpha value is -3.67. The van der Waals surface area contributed by atoms with Crippen molar-refractivity contribution < 1.29 is 28.6 Å². The Kier molecular flexibility index (Phi) is 50.9. The van der Waals surface area contributed by atoms with Crippen molar-refractivity contribution >= 4 is 17.9 Å². The Morgan fingerprint density at radius 2 is 0.591 bits per heavy atom. The van der Waals surface area contributed by atoms with Gasteiger partial charge in [0.2, 0.25) is 0 Å². The first-order chi connectivity index (χ1) is 32.5. The van der Waals surface area contributed by atoms with Crippen LogP contribution >= 0.6 is 0 Å². The molecule has 376 valence electrons. The minimum absolute atomic E-state index is 0.103. The molecule has 6 nitrogen and oxygen atoms in total. The molecule has 0 N–H and O–H groups in total. The zero-order valence-corrected chi connectivity index (χ0v) is 42.9. The third-order valence-electron chi connectivity index (χ3n) is 11.3. The van der Waals surface area contributed by atoms with E-state index in [0.717, 1.165) is 116 Å². The second kappa shape index (κ2) is 53.9. The van der Waals surface area contributed by atoms with Crippen molar-refractivity contribution in [3.63, 3.8) is 0 Å². The monoisotopic (exact) mass is 917 g/mol. The van der Waals surface area contributed by atoms with Gasteiger partial charge in [-0.15, -0.1) is 0 Å². The van der Waals surface area contributed by atoms with Gasteiger partial charge < -0.3 is 14.2 Å². The van der Waals surface area contributed by atoms with Gasteiger partial charge in [-0.05, 0) is 116 Å². The molecule has 6 heteroatoms. The molecule has 0 aliphatic carbocycles. The number of rotatable bonds is 48. The molecule has 0 radical (unpaired) electrons. The lowest BCUT2D eigenvalue weighted by Crippen LogP contribution is -2.30. The van der Waals surface area contributed by atoms with E-state index in [2.05, 4.69) is 118 Å². The number of carbonyl (C=O) groups is 3. The molecule has 66 heavy (non-hydrogen) atoms. The first-order valence-corrected chi connectivity index (χ1v) is 27.2. The van der Waals surface area contributed by atoms with E-state index in [4.69, 9.17) is 14.2 Å². The predicted octanol–water partition coefficient (Wildman–Crippen LogP) is 18.1. The number of hydrogen-bond donors (Lipinski definition) is 0. The minimum atomic E-state index is -0.809. The van der Waals surface area contributed by atoms with Crippen molar-refractivity contribution in [3.05, 3.63) is 97.2 Å². The fraction of sp³-hybridized carbons (Fsp3) is 0.683. The van der Waals surface area contributed by atoms with Gasteiger partial charge in [-0.25, -0.2) is 0 Å². The molecular formula is C60H100O6. The molecule has 0 spiro atoms. The molecular weight excluding hydrogens is 817 g/mol. The molecule has 0 heterocycles. The summed E-state index contributed by atoms with van der Waals surface area (Å²) in [4.78, 5) is 38.1. The quantitative estimate of drug-likeness (QED) is 0.0262. The maximum atomic E-state index is 12.8. The third-order valence-corrected chi connectivity index (χ3v) is 11.3. The number of allylic oxidation sites excluding steroid dienone is 16. The van der Waals surface area contributed by atoms with Gasteiger partial charge in [0.15, 0.2) is 6.10 Å². The van der Waals surface area contributed by atoms with Crippen molar-refractivity contribution in [1.82, 2.24) is 0 Å². The summed E-state index contributed by atoms with van der Waals surface area (Å²) in [5.41, 5.74) is 0. The molecule has 0 rings (SSSR count). The number of esters is 3. The lowest BCUT2D eigenvalue weighted by atomic mass is 10.1. The first-order valence-electron chi connectivity index (χ1n) is 27.2. The largest absolute Gasteiger partial charge is 0.462 e. The van der Waals surface area contributed by atoms with Gasteiger partial charge in [0.25, 0.3) is 0 Å². The minimum Gasteiger partial charge on any atom is -0.462 e. The van der Waals surface area contributed by atoms with E-state index in [1.807, 2.05) is 0 Å². The highest BCUT2D eigenvalue weighted by Gasteiger charge is 2.19.